The molecule has 152 valence electrons. The number of ketones is 1. The first-order valence-corrected chi connectivity index (χ1v) is 9.67. The van der Waals surface area contributed by atoms with E-state index in [0.717, 1.165) is 5.56 Å². The van der Waals surface area contributed by atoms with Crippen molar-refractivity contribution < 1.29 is 24.2 Å². The first-order valence-electron chi connectivity index (χ1n) is 9.67. The minimum atomic E-state index is -1.24. The van der Waals surface area contributed by atoms with Gasteiger partial charge in [0.15, 0.2) is 5.78 Å². The molecule has 1 N–H and O–H groups in total. The minimum Gasteiger partial charge on any atom is -0.481 e. The molecule has 0 radical (unpaired) electrons. The SMILES string of the molecule is Cc1ccccc1C(=O)C1OC(CC(=O)O)C(=O)N(CC(C)C)c2ccccc21. The second kappa shape index (κ2) is 8.57. The number of aliphatic carboxylic acids is 1. The number of para-hydroxylation sites is 1. The molecule has 0 saturated heterocycles. The fourth-order valence-corrected chi connectivity index (χ4v) is 3.58. The number of rotatable bonds is 6. The predicted octanol–water partition coefficient (Wildman–Crippen LogP) is 3.78. The van der Waals surface area contributed by atoms with Gasteiger partial charge in [-0.1, -0.05) is 56.3 Å². The number of nitrogens with zero attached hydrogens (tertiary/aromatic N) is 1. The van der Waals surface area contributed by atoms with E-state index in [-0.39, 0.29) is 11.7 Å². The van der Waals surface area contributed by atoms with Gasteiger partial charge in [0.2, 0.25) is 0 Å². The van der Waals surface area contributed by atoms with Gasteiger partial charge < -0.3 is 14.7 Å². The lowest BCUT2D eigenvalue weighted by Gasteiger charge is -2.26. The molecule has 1 amide bonds. The lowest BCUT2D eigenvalue weighted by molar-refractivity contribution is -0.146. The van der Waals surface area contributed by atoms with Gasteiger partial charge in [0.25, 0.3) is 5.91 Å². The number of Topliss-reactive ketones (excluding diaryl/α,β-unsaturated/α-hetero) is 1. The number of fused-ring (bicyclic) bond motifs is 1. The number of carbonyl (C=O) groups is 3. The third-order valence-electron chi connectivity index (χ3n) is 4.91. The molecule has 2 aromatic rings. The van der Waals surface area contributed by atoms with Gasteiger partial charge >= 0.3 is 5.97 Å². The van der Waals surface area contributed by atoms with Gasteiger partial charge in [-0.2, -0.15) is 0 Å². The molecule has 1 heterocycles. The van der Waals surface area contributed by atoms with E-state index in [1.165, 1.54) is 0 Å². The Morgan fingerprint density at radius 3 is 2.41 bits per heavy atom. The number of carboxylic acids is 1. The Labute approximate surface area is 170 Å². The van der Waals surface area contributed by atoms with Crippen LogP contribution in [0.15, 0.2) is 48.5 Å². The third-order valence-corrected chi connectivity index (χ3v) is 4.91. The molecular formula is C23H25NO5. The molecular weight excluding hydrogens is 370 g/mol. The average Bonchev–Trinajstić information content (AvgIpc) is 2.78. The molecule has 0 fully saturated rings. The van der Waals surface area contributed by atoms with E-state index in [0.29, 0.717) is 23.4 Å². The number of carboxylic acid groups (broad SMARTS) is 1. The van der Waals surface area contributed by atoms with Crippen LogP contribution in [0.4, 0.5) is 5.69 Å². The Bertz CT molecular complexity index is 936. The summed E-state index contributed by atoms with van der Waals surface area (Å²) in [6.45, 7) is 6.19. The minimum absolute atomic E-state index is 0.154. The molecule has 0 aromatic heterocycles. The Balaban J connectivity index is 2.13. The first-order chi connectivity index (χ1) is 13.8. The van der Waals surface area contributed by atoms with Crippen LogP contribution in [0.5, 0.6) is 0 Å². The Kier molecular flexibility index (Phi) is 6.13. The molecule has 0 saturated carbocycles. The number of hydrogen-bond acceptors (Lipinski definition) is 4. The highest BCUT2D eigenvalue weighted by molar-refractivity contribution is 6.05. The van der Waals surface area contributed by atoms with Crippen LogP contribution in [0.3, 0.4) is 0 Å². The third kappa shape index (κ3) is 4.38. The van der Waals surface area contributed by atoms with Crippen molar-refractivity contribution in [1.29, 1.82) is 0 Å². The summed E-state index contributed by atoms with van der Waals surface area (Å²) in [4.78, 5) is 39.5. The van der Waals surface area contributed by atoms with E-state index in [4.69, 9.17) is 4.74 Å². The van der Waals surface area contributed by atoms with Crippen molar-refractivity contribution in [1.82, 2.24) is 0 Å². The molecule has 2 unspecified atom stereocenters. The number of anilines is 1. The highest BCUT2D eigenvalue weighted by atomic mass is 16.5. The standard InChI is InChI=1S/C23H25NO5/c1-14(2)13-24-18-11-7-6-10-17(18)22(29-19(23(24)28)12-20(25)26)21(27)16-9-5-4-8-15(16)3/h4-11,14,19,22H,12-13H2,1-3H3,(H,25,26). The van der Waals surface area contributed by atoms with E-state index < -0.39 is 30.5 Å². The van der Waals surface area contributed by atoms with Crippen LogP contribution in [0.25, 0.3) is 0 Å². The van der Waals surface area contributed by atoms with Crippen molar-refractivity contribution in [3.8, 4) is 0 Å². The van der Waals surface area contributed by atoms with Crippen LogP contribution >= 0.6 is 0 Å². The smallest absolute Gasteiger partial charge is 0.306 e. The number of aryl methyl sites for hydroxylation is 1. The van der Waals surface area contributed by atoms with Gasteiger partial charge in [0, 0.05) is 23.4 Å². The van der Waals surface area contributed by atoms with Crippen LogP contribution in [0.2, 0.25) is 0 Å². The molecule has 29 heavy (non-hydrogen) atoms. The van der Waals surface area contributed by atoms with E-state index in [2.05, 4.69) is 0 Å². The highest BCUT2D eigenvalue weighted by Crippen LogP contribution is 2.37. The zero-order valence-corrected chi connectivity index (χ0v) is 16.8. The monoisotopic (exact) mass is 395 g/mol. The molecule has 2 atom stereocenters. The maximum Gasteiger partial charge on any atom is 0.306 e. The average molecular weight is 395 g/mol. The zero-order valence-electron chi connectivity index (χ0n) is 16.8. The summed E-state index contributed by atoms with van der Waals surface area (Å²) in [5, 5.41) is 9.31. The number of benzene rings is 2. The number of carbonyl (C=O) groups excluding carboxylic acids is 2. The normalized spacial score (nSPS) is 19.0. The molecule has 3 rings (SSSR count). The van der Waals surface area contributed by atoms with Crippen molar-refractivity contribution in [3.63, 3.8) is 0 Å². The summed E-state index contributed by atoms with van der Waals surface area (Å²) in [6, 6.07) is 14.3. The van der Waals surface area contributed by atoms with Crippen LogP contribution in [0, 0.1) is 12.8 Å². The van der Waals surface area contributed by atoms with Gasteiger partial charge in [-0.3, -0.25) is 14.4 Å². The van der Waals surface area contributed by atoms with E-state index >= 15 is 0 Å². The lowest BCUT2D eigenvalue weighted by atomic mass is 9.95. The van der Waals surface area contributed by atoms with Crippen LogP contribution in [0.1, 0.15) is 47.9 Å². The fourth-order valence-electron chi connectivity index (χ4n) is 3.58. The molecule has 0 aliphatic carbocycles. The highest BCUT2D eigenvalue weighted by Gasteiger charge is 2.40. The number of amides is 1. The molecule has 0 spiro atoms. The van der Waals surface area contributed by atoms with Crippen LogP contribution in [-0.2, 0) is 14.3 Å². The molecule has 6 heteroatoms. The molecule has 0 bridgehead atoms. The van der Waals surface area contributed by atoms with Gasteiger partial charge in [-0.05, 0) is 24.5 Å². The molecule has 1 aliphatic rings. The summed E-state index contributed by atoms with van der Waals surface area (Å²) in [5.41, 5.74) is 2.45. The Morgan fingerprint density at radius 2 is 1.76 bits per heavy atom. The maximum absolute atomic E-state index is 13.4. The first kappa shape index (κ1) is 20.7. The van der Waals surface area contributed by atoms with E-state index in [1.807, 2.05) is 32.9 Å². The second-order valence-electron chi connectivity index (χ2n) is 7.68. The summed E-state index contributed by atoms with van der Waals surface area (Å²) in [7, 11) is 0. The summed E-state index contributed by atoms with van der Waals surface area (Å²) < 4.78 is 5.92. The predicted molar refractivity (Wildman–Crippen MR) is 109 cm³/mol. The summed E-state index contributed by atoms with van der Waals surface area (Å²) >= 11 is 0. The lowest BCUT2D eigenvalue weighted by Crippen LogP contribution is -2.42. The molecule has 1 aliphatic heterocycles. The molecule has 2 aromatic carbocycles. The molecule has 6 nitrogen and oxygen atoms in total. The van der Waals surface area contributed by atoms with Crippen molar-refractivity contribution in [2.24, 2.45) is 5.92 Å². The van der Waals surface area contributed by atoms with Crippen LogP contribution in [-0.4, -0.2) is 35.4 Å². The van der Waals surface area contributed by atoms with Gasteiger partial charge in [-0.15, -0.1) is 0 Å². The Morgan fingerprint density at radius 1 is 1.10 bits per heavy atom. The van der Waals surface area contributed by atoms with Crippen molar-refractivity contribution in [2.45, 2.75) is 39.4 Å². The maximum atomic E-state index is 13.4. The summed E-state index contributed by atoms with van der Waals surface area (Å²) in [5.74, 6) is -1.72. The van der Waals surface area contributed by atoms with E-state index in [9.17, 15) is 19.5 Å². The van der Waals surface area contributed by atoms with Crippen molar-refractivity contribution >= 4 is 23.3 Å². The van der Waals surface area contributed by atoms with Gasteiger partial charge in [-0.25, -0.2) is 0 Å². The number of hydrogen-bond donors (Lipinski definition) is 1. The Hall–Kier alpha value is -2.99. The van der Waals surface area contributed by atoms with Crippen molar-refractivity contribution in [2.75, 3.05) is 11.4 Å². The van der Waals surface area contributed by atoms with Gasteiger partial charge in [0.05, 0.1) is 6.42 Å². The van der Waals surface area contributed by atoms with E-state index in [1.54, 1.807) is 41.3 Å². The summed E-state index contributed by atoms with van der Waals surface area (Å²) in [6.07, 6.45) is -2.80. The van der Waals surface area contributed by atoms with Crippen LogP contribution < -0.4 is 4.90 Å². The quantitative estimate of drug-likeness (QED) is 0.753. The van der Waals surface area contributed by atoms with Gasteiger partial charge in [0.1, 0.15) is 12.2 Å². The number of ether oxygens (including phenoxy) is 1. The largest absolute Gasteiger partial charge is 0.481 e. The topological polar surface area (TPSA) is 83.9 Å². The fraction of sp³-hybridized carbons (Fsp3) is 0.348. The van der Waals surface area contributed by atoms with Crippen molar-refractivity contribution in [3.05, 3.63) is 65.2 Å². The second-order valence-corrected chi connectivity index (χ2v) is 7.68. The zero-order chi connectivity index (χ0) is 21.1.